The summed E-state index contributed by atoms with van der Waals surface area (Å²) >= 11 is 0. The van der Waals surface area contributed by atoms with Crippen LogP contribution in [0.4, 0.5) is 0 Å². The summed E-state index contributed by atoms with van der Waals surface area (Å²) in [4.78, 5) is 48.2. The minimum Gasteiger partial charge on any atom is -0.299 e. The van der Waals surface area contributed by atoms with Crippen LogP contribution in [0.5, 0.6) is 0 Å². The molecule has 0 amide bonds. The lowest BCUT2D eigenvalue weighted by Gasteiger charge is -2.30. The first-order valence-electron chi connectivity index (χ1n) is 26.6. The van der Waals surface area contributed by atoms with Gasteiger partial charge in [-0.05, 0) is 68.8 Å². The standard InChI is InChI=1S/C69H42N10Si/c1-5-19-45(20-6-1)63-73-64(46-21-7-2-8-22-46)76-67(75-63)53-41-51(39-49-35-33-43-27-17-37-70-61(43)59(49)53)80(58-32-16-15-31-57(58)79-56-30-14-13-29-55(56)72-69(79)80)52-40-50-36-34-44-28-18-38-71-62(44)60(50)54(42-52)68-77-65(47-23-9-3-10-24-47)74-66(78-68)48-25-11-4-12-26-48/h1-42H. The van der Waals surface area contributed by atoms with E-state index in [1.54, 1.807) is 0 Å². The molecule has 6 heterocycles. The van der Waals surface area contributed by atoms with Crippen molar-refractivity contribution in [3.63, 3.8) is 0 Å². The fourth-order valence-electron chi connectivity index (χ4n) is 12.0. The molecule has 0 radical (unpaired) electrons. The molecule has 0 atom stereocenters. The highest BCUT2D eigenvalue weighted by Gasteiger charge is 2.53. The zero-order valence-electron chi connectivity index (χ0n) is 42.7. The lowest BCUT2D eigenvalue weighted by Crippen LogP contribution is -2.73. The van der Waals surface area contributed by atoms with Gasteiger partial charge in [-0.25, -0.2) is 34.9 Å². The first-order chi connectivity index (χ1) is 39.6. The van der Waals surface area contributed by atoms with Crippen molar-refractivity contribution < 1.29 is 0 Å². The lowest BCUT2D eigenvalue weighted by atomic mass is 10.00. The van der Waals surface area contributed by atoms with Gasteiger partial charge in [0, 0.05) is 73.0 Å². The van der Waals surface area contributed by atoms with Crippen molar-refractivity contribution in [2.24, 2.45) is 0 Å². The largest absolute Gasteiger partial charge is 0.299 e. The molecule has 0 saturated carbocycles. The molecular formula is C69H42N10Si. The van der Waals surface area contributed by atoms with Crippen molar-refractivity contribution >= 4 is 83.5 Å². The summed E-state index contributed by atoms with van der Waals surface area (Å²) in [5, 5.41) is 9.29. The van der Waals surface area contributed by atoms with Crippen LogP contribution in [0.15, 0.2) is 255 Å². The highest BCUT2D eigenvalue weighted by Crippen LogP contribution is 2.38. The molecule has 372 valence electrons. The molecule has 15 aromatic rings. The molecule has 1 aliphatic heterocycles. The van der Waals surface area contributed by atoms with Crippen LogP contribution in [0.2, 0.25) is 0 Å². The summed E-state index contributed by atoms with van der Waals surface area (Å²) < 4.78 is 2.41. The Morgan fingerprint density at radius 2 is 0.713 bits per heavy atom. The Bertz CT molecular complexity index is 4590. The number of pyridine rings is 2. The number of hydrogen-bond acceptors (Lipinski definition) is 9. The highest BCUT2D eigenvalue weighted by atomic mass is 28.3. The van der Waals surface area contributed by atoms with E-state index in [4.69, 9.17) is 44.9 Å². The minimum atomic E-state index is -3.65. The average molecular weight is 1040 g/mol. The fraction of sp³-hybridized carbons (Fsp3) is 0. The van der Waals surface area contributed by atoms with Gasteiger partial charge >= 0.3 is 0 Å². The van der Waals surface area contributed by atoms with E-state index in [-0.39, 0.29) is 0 Å². The van der Waals surface area contributed by atoms with Crippen molar-refractivity contribution in [1.82, 2.24) is 49.4 Å². The molecule has 5 aromatic heterocycles. The minimum absolute atomic E-state index is 0.537. The molecule has 1 aliphatic rings. The van der Waals surface area contributed by atoms with Gasteiger partial charge in [0.05, 0.1) is 22.1 Å². The zero-order valence-corrected chi connectivity index (χ0v) is 43.7. The van der Waals surface area contributed by atoms with Crippen LogP contribution in [-0.2, 0) is 0 Å². The van der Waals surface area contributed by atoms with Crippen molar-refractivity contribution in [2.45, 2.75) is 0 Å². The zero-order chi connectivity index (χ0) is 52.7. The number of imidazole rings is 1. The number of aromatic nitrogens is 10. The molecule has 10 aromatic carbocycles. The first-order valence-corrected chi connectivity index (χ1v) is 28.6. The molecule has 0 spiro atoms. The van der Waals surface area contributed by atoms with Gasteiger partial charge in [-0.15, -0.1) is 0 Å². The highest BCUT2D eigenvalue weighted by molar-refractivity contribution is 7.20. The van der Waals surface area contributed by atoms with E-state index >= 15 is 0 Å². The normalized spacial score (nSPS) is 12.6. The van der Waals surface area contributed by atoms with E-state index in [2.05, 4.69) is 162 Å². The summed E-state index contributed by atoms with van der Waals surface area (Å²) in [5.41, 5.74) is 10.9. The maximum atomic E-state index is 5.81. The van der Waals surface area contributed by atoms with Gasteiger partial charge in [0.25, 0.3) is 0 Å². The number of hydrogen-bond donors (Lipinski definition) is 0. The van der Waals surface area contributed by atoms with Crippen LogP contribution in [0.3, 0.4) is 0 Å². The summed E-state index contributed by atoms with van der Waals surface area (Å²) in [5.74, 6) is 3.36. The lowest BCUT2D eigenvalue weighted by molar-refractivity contribution is 1.08. The molecule has 0 fully saturated rings. The first kappa shape index (κ1) is 45.4. The van der Waals surface area contributed by atoms with Gasteiger partial charge in [0.15, 0.2) is 34.9 Å². The van der Waals surface area contributed by atoms with Crippen molar-refractivity contribution in [3.05, 3.63) is 255 Å². The molecule has 11 heteroatoms. The van der Waals surface area contributed by atoms with Crippen LogP contribution in [0.25, 0.3) is 128 Å². The van der Waals surface area contributed by atoms with E-state index in [0.717, 1.165) is 109 Å². The van der Waals surface area contributed by atoms with Crippen LogP contribution in [0.1, 0.15) is 0 Å². The van der Waals surface area contributed by atoms with Crippen LogP contribution in [0, 0.1) is 0 Å². The third-order valence-electron chi connectivity index (χ3n) is 15.6. The van der Waals surface area contributed by atoms with Gasteiger partial charge in [0.1, 0.15) is 5.45 Å². The smallest absolute Gasteiger partial charge is 0.226 e. The summed E-state index contributed by atoms with van der Waals surface area (Å²) in [6, 6.07) is 84.4. The Morgan fingerprint density at radius 3 is 1.19 bits per heavy atom. The fourth-order valence-corrected chi connectivity index (χ4v) is 17.0. The van der Waals surface area contributed by atoms with Gasteiger partial charge in [0.2, 0.25) is 8.07 Å². The second-order valence-electron chi connectivity index (χ2n) is 20.1. The Morgan fingerprint density at radius 1 is 0.312 bits per heavy atom. The Hall–Kier alpha value is -10.8. The molecule has 0 saturated heterocycles. The molecule has 0 N–H and O–H groups in total. The third-order valence-corrected chi connectivity index (χ3v) is 20.1. The van der Waals surface area contributed by atoms with E-state index in [1.165, 1.54) is 5.19 Å². The molecule has 0 bridgehead atoms. The second-order valence-corrected chi connectivity index (χ2v) is 23.8. The average Bonchev–Trinajstić information content (AvgIpc) is 4.28. The van der Waals surface area contributed by atoms with E-state index in [1.807, 2.05) is 97.3 Å². The molecule has 10 nitrogen and oxygen atoms in total. The molecule has 16 rings (SSSR count). The summed E-state index contributed by atoms with van der Waals surface area (Å²) in [7, 11) is -3.65. The molecule has 0 unspecified atom stereocenters. The van der Waals surface area contributed by atoms with Gasteiger partial charge in [-0.2, -0.15) is 0 Å². The predicted molar refractivity (Wildman–Crippen MR) is 323 cm³/mol. The van der Waals surface area contributed by atoms with Crippen molar-refractivity contribution in [2.75, 3.05) is 0 Å². The van der Waals surface area contributed by atoms with Crippen LogP contribution < -0.4 is 21.0 Å². The Balaban J connectivity index is 1.07. The monoisotopic (exact) mass is 1040 g/mol. The SMILES string of the molecule is c1ccc(-c2nc(-c3ccccc3)nc(-c3cc([Si]4(c5cc(-c6nc(-c7ccccc7)nc(-c7ccccc7)n6)c6c(ccc7cccnc76)c5)c5ccccc5-n5c4nc4ccccc45)cc4ccc5cccnc5c34)n2)cc1. The van der Waals surface area contributed by atoms with Gasteiger partial charge in [-0.1, -0.05) is 200 Å². The molecule has 80 heavy (non-hydrogen) atoms. The van der Waals surface area contributed by atoms with E-state index in [9.17, 15) is 0 Å². The number of rotatable bonds is 8. The third kappa shape index (κ3) is 7.14. The Kier molecular flexibility index (Phi) is 10.3. The summed E-state index contributed by atoms with van der Waals surface area (Å²) in [6.07, 6.45) is 3.73. The number of benzene rings is 10. The number of nitrogens with zero attached hydrogens (tertiary/aromatic N) is 10. The predicted octanol–water partition coefficient (Wildman–Crippen LogP) is 12.5. The van der Waals surface area contributed by atoms with Gasteiger partial charge in [-0.3, -0.25) is 14.5 Å². The molecule has 0 aliphatic carbocycles. The number of para-hydroxylation sites is 3. The van der Waals surface area contributed by atoms with E-state index < -0.39 is 8.07 Å². The van der Waals surface area contributed by atoms with E-state index in [0.29, 0.717) is 34.9 Å². The van der Waals surface area contributed by atoms with Crippen LogP contribution in [-0.4, -0.2) is 57.5 Å². The maximum Gasteiger partial charge on any atom is 0.226 e. The quantitative estimate of drug-likeness (QED) is 0.108. The number of fused-ring (bicyclic) bond motifs is 11. The van der Waals surface area contributed by atoms with Crippen molar-refractivity contribution in [1.29, 1.82) is 0 Å². The summed E-state index contributed by atoms with van der Waals surface area (Å²) in [6.45, 7) is 0. The Labute approximate surface area is 459 Å². The second kappa shape index (κ2) is 18.2. The topological polar surface area (TPSA) is 121 Å². The van der Waals surface area contributed by atoms with Crippen molar-refractivity contribution in [3.8, 4) is 74.0 Å². The molecular weight excluding hydrogens is 997 g/mol. The maximum absolute atomic E-state index is 5.81. The van der Waals surface area contributed by atoms with Gasteiger partial charge < -0.3 is 0 Å². The van der Waals surface area contributed by atoms with Crippen LogP contribution >= 0.6 is 0 Å².